The highest BCUT2D eigenvalue weighted by Crippen LogP contribution is 2.57. The Hall–Kier alpha value is -2.04. The quantitative estimate of drug-likeness (QED) is 0.201. The van der Waals surface area contributed by atoms with Crippen LogP contribution >= 0.6 is 19.6 Å². The van der Waals surface area contributed by atoms with Crippen LogP contribution in [0.2, 0.25) is 0 Å². The number of ketones is 2. The van der Waals surface area contributed by atoms with Crippen LogP contribution in [0.4, 0.5) is 0 Å². The van der Waals surface area contributed by atoms with Crippen LogP contribution in [0.25, 0.3) is 0 Å². The molecule has 37 heavy (non-hydrogen) atoms. The summed E-state index contributed by atoms with van der Waals surface area (Å²) in [5.41, 5.74) is 5.78. The normalized spacial score (nSPS) is 21.6. The Balaban J connectivity index is 1.90. The number of rotatable bonds is 14. The number of carbonyl (C=O) groups is 4. The maximum atomic E-state index is 13.2. The van der Waals surface area contributed by atoms with Crippen molar-refractivity contribution in [2.75, 3.05) is 19.5 Å². The summed E-state index contributed by atoms with van der Waals surface area (Å²) in [6, 6.07) is 5.61. The second kappa shape index (κ2) is 14.2. The zero-order valence-electron chi connectivity index (χ0n) is 21.7. The molecule has 1 aromatic carbocycles. The molecule has 1 saturated heterocycles. The highest BCUT2D eigenvalue weighted by molar-refractivity contribution is 8.13. The summed E-state index contributed by atoms with van der Waals surface area (Å²) in [6.45, 7) is 5.02. The van der Waals surface area contributed by atoms with Gasteiger partial charge in [0.25, 0.3) is 0 Å². The fourth-order valence-corrected chi connectivity index (χ4v) is 5.94. The van der Waals surface area contributed by atoms with Gasteiger partial charge in [0.15, 0.2) is 10.9 Å². The first-order valence-corrected chi connectivity index (χ1v) is 14.5. The molecular formula is C25H36NO9PS. The SMILES string of the molecule is COC(=O)[C@@H](N)Cc1ccc(OP2(=O)OCC(C)(C)[C@H](C(=O)CCCC(=O)CCCSC(C)=O)O2)cc1. The maximum absolute atomic E-state index is 13.2. The number of nitrogens with two attached hydrogens (primary N) is 1. The van der Waals surface area contributed by atoms with Crippen molar-refractivity contribution in [3.8, 4) is 5.75 Å². The van der Waals surface area contributed by atoms with E-state index in [1.807, 2.05) is 0 Å². The van der Waals surface area contributed by atoms with Crippen LogP contribution in [0.5, 0.6) is 5.75 Å². The van der Waals surface area contributed by atoms with Gasteiger partial charge >= 0.3 is 13.8 Å². The Morgan fingerprint density at radius 2 is 1.78 bits per heavy atom. The van der Waals surface area contributed by atoms with Gasteiger partial charge in [0, 0.05) is 37.4 Å². The molecule has 12 heteroatoms. The molecule has 1 unspecified atom stereocenters. The lowest BCUT2D eigenvalue weighted by molar-refractivity contribution is -0.142. The molecule has 0 radical (unpaired) electrons. The molecule has 3 atom stereocenters. The van der Waals surface area contributed by atoms with E-state index in [-0.39, 0.29) is 48.3 Å². The minimum atomic E-state index is -4.08. The summed E-state index contributed by atoms with van der Waals surface area (Å²) in [5, 5.41) is 0.0239. The summed E-state index contributed by atoms with van der Waals surface area (Å²) in [5.74, 6) is 0.0417. The average Bonchev–Trinajstić information content (AvgIpc) is 2.84. The zero-order chi connectivity index (χ0) is 27.6. The smallest absolute Gasteiger partial charge is 0.468 e. The first-order valence-electron chi connectivity index (χ1n) is 12.1. The van der Waals surface area contributed by atoms with Crippen LogP contribution in [-0.2, 0) is 43.9 Å². The summed E-state index contributed by atoms with van der Waals surface area (Å²) in [6.07, 6.45) is 0.914. The molecular weight excluding hydrogens is 521 g/mol. The van der Waals surface area contributed by atoms with E-state index >= 15 is 0 Å². The second-order valence-corrected chi connectivity index (χ2v) is 12.4. The molecule has 0 bridgehead atoms. The number of esters is 1. The third-order valence-corrected chi connectivity index (χ3v) is 7.96. The van der Waals surface area contributed by atoms with Crippen molar-refractivity contribution in [3.05, 3.63) is 29.8 Å². The molecule has 0 aliphatic carbocycles. The molecule has 206 valence electrons. The number of carbonyl (C=O) groups excluding carboxylic acids is 4. The first kappa shape index (κ1) is 31.2. The molecule has 10 nitrogen and oxygen atoms in total. The van der Waals surface area contributed by atoms with Gasteiger partial charge in [-0.15, -0.1) is 0 Å². The van der Waals surface area contributed by atoms with Gasteiger partial charge in [0.2, 0.25) is 0 Å². The number of Topliss-reactive ketones (excluding diaryl/α,β-unsaturated/α-hetero) is 2. The van der Waals surface area contributed by atoms with Crippen molar-refractivity contribution in [1.82, 2.24) is 0 Å². The Morgan fingerprint density at radius 1 is 1.14 bits per heavy atom. The Labute approximate surface area is 221 Å². The molecule has 0 aromatic heterocycles. The molecule has 2 rings (SSSR count). The van der Waals surface area contributed by atoms with Gasteiger partial charge in [0.1, 0.15) is 23.7 Å². The number of ether oxygens (including phenoxy) is 1. The number of thioether (sulfide) groups is 1. The maximum Gasteiger partial charge on any atom is 0.530 e. The Morgan fingerprint density at radius 3 is 2.41 bits per heavy atom. The molecule has 1 fully saturated rings. The van der Waals surface area contributed by atoms with E-state index in [1.54, 1.807) is 38.1 Å². The lowest BCUT2D eigenvalue weighted by Gasteiger charge is -2.39. The Bertz CT molecular complexity index is 1010. The van der Waals surface area contributed by atoms with E-state index in [0.717, 1.165) is 5.56 Å². The predicted octanol–water partition coefficient (Wildman–Crippen LogP) is 4.03. The molecule has 1 aromatic rings. The number of hydrogen-bond acceptors (Lipinski definition) is 11. The first-order chi connectivity index (χ1) is 17.3. The average molecular weight is 558 g/mol. The summed E-state index contributed by atoms with van der Waals surface area (Å²) < 4.78 is 34.4. The van der Waals surface area contributed by atoms with E-state index in [4.69, 9.17) is 19.3 Å². The molecule has 0 saturated carbocycles. The topological polar surface area (TPSA) is 148 Å². The van der Waals surface area contributed by atoms with Gasteiger partial charge in [-0.1, -0.05) is 37.7 Å². The zero-order valence-corrected chi connectivity index (χ0v) is 23.4. The molecule has 0 amide bonds. The minimum Gasteiger partial charge on any atom is -0.468 e. The molecule has 1 aliphatic heterocycles. The van der Waals surface area contributed by atoms with Gasteiger partial charge in [-0.3, -0.25) is 28.2 Å². The monoisotopic (exact) mass is 557 g/mol. The number of hydrogen-bond donors (Lipinski definition) is 1. The fraction of sp³-hybridized carbons (Fsp3) is 0.600. The van der Waals surface area contributed by atoms with Gasteiger partial charge in [-0.25, -0.2) is 4.57 Å². The number of phosphoric ester groups is 1. The predicted molar refractivity (Wildman–Crippen MR) is 139 cm³/mol. The van der Waals surface area contributed by atoms with Crippen molar-refractivity contribution < 1.29 is 42.1 Å². The molecule has 2 N–H and O–H groups in total. The van der Waals surface area contributed by atoms with Crippen LogP contribution in [0, 0.1) is 5.41 Å². The fourth-order valence-electron chi connectivity index (χ4n) is 3.67. The summed E-state index contributed by atoms with van der Waals surface area (Å²) in [7, 11) is -2.82. The van der Waals surface area contributed by atoms with Crippen LogP contribution in [-0.4, -0.2) is 54.3 Å². The lowest BCUT2D eigenvalue weighted by atomic mass is 9.84. The van der Waals surface area contributed by atoms with E-state index in [1.165, 1.54) is 25.8 Å². The highest BCUT2D eigenvalue weighted by Gasteiger charge is 2.49. The third kappa shape index (κ3) is 10.3. The second-order valence-electron chi connectivity index (χ2n) is 9.57. The summed E-state index contributed by atoms with van der Waals surface area (Å²) in [4.78, 5) is 47.4. The van der Waals surface area contributed by atoms with Crippen LogP contribution < -0.4 is 10.3 Å². The summed E-state index contributed by atoms with van der Waals surface area (Å²) >= 11 is 1.19. The molecule has 0 spiro atoms. The standard InChI is InChI=1S/C25H36NO9PS/c1-17(27)37-14-6-8-19(28)7-5-9-22(29)23-25(2,3)16-33-36(31,35-23)34-20-12-10-18(11-13-20)15-21(26)24(30)32-4/h10-13,21,23H,5-9,14-16,26H2,1-4H3/t21-,23-,36?/m0/s1. The van der Waals surface area contributed by atoms with E-state index in [9.17, 15) is 23.7 Å². The number of phosphoric acid groups is 1. The van der Waals surface area contributed by atoms with Crippen LogP contribution in [0.15, 0.2) is 24.3 Å². The van der Waals surface area contributed by atoms with Crippen molar-refractivity contribution in [3.63, 3.8) is 0 Å². The van der Waals surface area contributed by atoms with Gasteiger partial charge in [-0.05, 0) is 37.0 Å². The Kier molecular flexibility index (Phi) is 12.0. The van der Waals surface area contributed by atoms with Gasteiger partial charge in [0.05, 0.1) is 13.7 Å². The van der Waals surface area contributed by atoms with Crippen LogP contribution in [0.1, 0.15) is 58.4 Å². The largest absolute Gasteiger partial charge is 0.530 e. The molecule has 1 heterocycles. The van der Waals surface area contributed by atoms with E-state index < -0.39 is 31.4 Å². The van der Waals surface area contributed by atoms with Crippen molar-refractivity contribution in [2.45, 2.75) is 71.4 Å². The minimum absolute atomic E-state index is 0.0144. The lowest BCUT2D eigenvalue weighted by Crippen LogP contribution is -2.45. The van der Waals surface area contributed by atoms with E-state index in [0.29, 0.717) is 25.0 Å². The van der Waals surface area contributed by atoms with Crippen molar-refractivity contribution in [1.29, 1.82) is 0 Å². The molecule has 1 aliphatic rings. The van der Waals surface area contributed by atoms with Crippen molar-refractivity contribution >= 4 is 42.2 Å². The van der Waals surface area contributed by atoms with Crippen molar-refractivity contribution in [2.24, 2.45) is 11.1 Å². The van der Waals surface area contributed by atoms with Crippen LogP contribution in [0.3, 0.4) is 0 Å². The third-order valence-electron chi connectivity index (χ3n) is 5.72. The van der Waals surface area contributed by atoms with E-state index in [2.05, 4.69) is 4.74 Å². The highest BCUT2D eigenvalue weighted by atomic mass is 32.2. The number of methoxy groups -OCH3 is 1. The number of benzene rings is 1. The van der Waals surface area contributed by atoms with Gasteiger partial charge in [-0.2, -0.15) is 0 Å². The van der Waals surface area contributed by atoms with Gasteiger partial charge < -0.3 is 15.0 Å².